The maximum absolute atomic E-state index is 12.5. The number of carbonyl (C=O) groups is 2. The third-order valence-electron chi connectivity index (χ3n) is 3.89. The molecule has 0 atom stereocenters. The largest absolute Gasteiger partial charge is 0.360 e. The zero-order valence-electron chi connectivity index (χ0n) is 15.9. The first kappa shape index (κ1) is 19.7. The van der Waals surface area contributed by atoms with Crippen LogP contribution < -0.4 is 10.9 Å². The molecule has 3 rings (SSSR count). The Morgan fingerprint density at radius 2 is 1.89 bits per heavy atom. The van der Waals surface area contributed by atoms with Gasteiger partial charge in [0.1, 0.15) is 12.3 Å². The molecule has 2 N–H and O–H groups in total. The molecule has 2 heterocycles. The quantitative estimate of drug-likeness (QED) is 0.488. The Balaban J connectivity index is 1.58. The molecule has 0 aliphatic heterocycles. The van der Waals surface area contributed by atoms with Gasteiger partial charge in [-0.2, -0.15) is 5.10 Å². The lowest BCUT2D eigenvalue weighted by molar-refractivity contribution is -0.122. The summed E-state index contributed by atoms with van der Waals surface area (Å²) in [4.78, 5) is 25.4. The van der Waals surface area contributed by atoms with Crippen molar-refractivity contribution in [3.8, 4) is 0 Å². The van der Waals surface area contributed by atoms with Gasteiger partial charge in [0.25, 0.3) is 11.8 Å². The van der Waals surface area contributed by atoms with E-state index in [1.54, 1.807) is 16.8 Å². The number of rotatable bonds is 6. The molecule has 0 saturated heterocycles. The number of amides is 2. The molecule has 146 valence electrons. The number of aromatic nitrogens is 3. The SMILES string of the molecule is Cc1cc(CSc2ccccc2C(=O)NNC(=O)Cn2nc(C)cc2C)on1. The normalized spacial score (nSPS) is 10.7. The molecule has 0 saturated carbocycles. The minimum atomic E-state index is -0.390. The van der Waals surface area contributed by atoms with E-state index in [0.717, 1.165) is 27.7 Å². The minimum Gasteiger partial charge on any atom is -0.360 e. The lowest BCUT2D eigenvalue weighted by Crippen LogP contribution is -2.43. The fourth-order valence-corrected chi connectivity index (χ4v) is 3.54. The molecule has 0 radical (unpaired) electrons. The van der Waals surface area contributed by atoms with Gasteiger partial charge in [0.2, 0.25) is 0 Å². The number of carbonyl (C=O) groups excluding carboxylic acids is 2. The van der Waals surface area contributed by atoms with E-state index in [0.29, 0.717) is 11.3 Å². The molecule has 0 spiro atoms. The van der Waals surface area contributed by atoms with E-state index in [-0.39, 0.29) is 12.5 Å². The van der Waals surface area contributed by atoms with E-state index in [1.165, 1.54) is 11.8 Å². The summed E-state index contributed by atoms with van der Waals surface area (Å²) in [5.74, 6) is 0.534. The highest BCUT2D eigenvalue weighted by atomic mass is 32.2. The van der Waals surface area contributed by atoms with E-state index in [2.05, 4.69) is 21.1 Å². The summed E-state index contributed by atoms with van der Waals surface area (Å²) in [5, 5.41) is 8.09. The van der Waals surface area contributed by atoms with Crippen LogP contribution in [0.2, 0.25) is 0 Å². The Kier molecular flexibility index (Phi) is 6.15. The van der Waals surface area contributed by atoms with E-state index in [9.17, 15) is 9.59 Å². The van der Waals surface area contributed by atoms with E-state index in [1.807, 2.05) is 45.0 Å². The van der Waals surface area contributed by atoms with Crippen molar-refractivity contribution in [3.63, 3.8) is 0 Å². The molecule has 0 unspecified atom stereocenters. The number of nitrogens with zero attached hydrogens (tertiary/aromatic N) is 3. The molecule has 2 aromatic heterocycles. The molecular weight excluding hydrogens is 378 g/mol. The average molecular weight is 399 g/mol. The maximum Gasteiger partial charge on any atom is 0.270 e. The predicted octanol–water partition coefficient (Wildman–Crippen LogP) is 2.55. The Hall–Kier alpha value is -3.07. The maximum atomic E-state index is 12.5. The van der Waals surface area contributed by atoms with Crippen LogP contribution in [0.25, 0.3) is 0 Å². The highest BCUT2D eigenvalue weighted by Crippen LogP contribution is 2.26. The van der Waals surface area contributed by atoms with Crippen LogP contribution >= 0.6 is 11.8 Å². The molecule has 8 nitrogen and oxygen atoms in total. The van der Waals surface area contributed by atoms with Gasteiger partial charge in [0.05, 0.1) is 22.7 Å². The zero-order valence-corrected chi connectivity index (χ0v) is 16.7. The van der Waals surface area contributed by atoms with Crippen molar-refractivity contribution >= 4 is 23.6 Å². The summed E-state index contributed by atoms with van der Waals surface area (Å²) in [5.41, 5.74) is 7.89. The summed E-state index contributed by atoms with van der Waals surface area (Å²) in [7, 11) is 0. The van der Waals surface area contributed by atoms with Crippen LogP contribution in [0.5, 0.6) is 0 Å². The summed E-state index contributed by atoms with van der Waals surface area (Å²) in [6, 6.07) is 10.9. The van der Waals surface area contributed by atoms with Crippen molar-refractivity contribution in [2.24, 2.45) is 0 Å². The monoisotopic (exact) mass is 399 g/mol. The molecule has 28 heavy (non-hydrogen) atoms. The number of hydrazine groups is 1. The second-order valence-corrected chi connectivity index (χ2v) is 7.32. The summed E-state index contributed by atoms with van der Waals surface area (Å²) >= 11 is 1.46. The Bertz CT molecular complexity index is 995. The van der Waals surface area contributed by atoms with Gasteiger partial charge in [-0.25, -0.2) is 0 Å². The molecule has 1 aromatic carbocycles. The van der Waals surface area contributed by atoms with Crippen molar-refractivity contribution in [1.82, 2.24) is 25.8 Å². The lowest BCUT2D eigenvalue weighted by Gasteiger charge is -2.11. The second-order valence-electron chi connectivity index (χ2n) is 6.31. The molecule has 0 aliphatic rings. The van der Waals surface area contributed by atoms with Crippen LogP contribution in [0.15, 0.2) is 45.8 Å². The Morgan fingerprint density at radius 3 is 2.57 bits per heavy atom. The number of hydrogen-bond acceptors (Lipinski definition) is 6. The molecular formula is C19H21N5O3S. The lowest BCUT2D eigenvalue weighted by atomic mass is 10.2. The standard InChI is InChI=1S/C19H21N5O3S/c1-12-8-14(3)24(22-12)10-18(25)20-21-19(26)16-6-4-5-7-17(16)28-11-15-9-13(2)23-27-15/h4-9H,10-11H2,1-3H3,(H,20,25)(H,21,26). The number of aryl methyl sites for hydroxylation is 3. The summed E-state index contributed by atoms with van der Waals surface area (Å²) in [6.45, 7) is 5.61. The highest BCUT2D eigenvalue weighted by molar-refractivity contribution is 7.98. The van der Waals surface area contributed by atoms with Crippen LogP contribution in [0, 0.1) is 20.8 Å². The molecule has 9 heteroatoms. The summed E-state index contributed by atoms with van der Waals surface area (Å²) in [6.07, 6.45) is 0. The third-order valence-corrected chi connectivity index (χ3v) is 4.99. The van der Waals surface area contributed by atoms with E-state index < -0.39 is 5.91 Å². The van der Waals surface area contributed by atoms with Gasteiger partial charge in [0.15, 0.2) is 0 Å². The van der Waals surface area contributed by atoms with Crippen LogP contribution in [0.1, 0.15) is 33.2 Å². The topological polar surface area (TPSA) is 102 Å². The Labute approximate surface area is 166 Å². The number of benzene rings is 1. The van der Waals surface area contributed by atoms with Crippen molar-refractivity contribution in [2.45, 2.75) is 38.0 Å². The van der Waals surface area contributed by atoms with Gasteiger partial charge in [-0.3, -0.25) is 25.1 Å². The van der Waals surface area contributed by atoms with Gasteiger partial charge in [0, 0.05) is 16.7 Å². The summed E-state index contributed by atoms with van der Waals surface area (Å²) < 4.78 is 6.78. The predicted molar refractivity (Wildman–Crippen MR) is 105 cm³/mol. The van der Waals surface area contributed by atoms with Crippen molar-refractivity contribution in [3.05, 3.63) is 64.8 Å². The van der Waals surface area contributed by atoms with Gasteiger partial charge in [-0.15, -0.1) is 11.8 Å². The van der Waals surface area contributed by atoms with Crippen LogP contribution in [0.4, 0.5) is 0 Å². The highest BCUT2D eigenvalue weighted by Gasteiger charge is 2.14. The number of thioether (sulfide) groups is 1. The number of hydrogen-bond donors (Lipinski definition) is 2. The van der Waals surface area contributed by atoms with Crippen LogP contribution in [-0.4, -0.2) is 26.8 Å². The molecule has 3 aromatic rings. The second kappa shape index (κ2) is 8.75. The zero-order chi connectivity index (χ0) is 20.1. The number of nitrogens with one attached hydrogen (secondary N) is 2. The van der Waals surface area contributed by atoms with Gasteiger partial charge in [-0.05, 0) is 39.0 Å². The van der Waals surface area contributed by atoms with E-state index >= 15 is 0 Å². The smallest absolute Gasteiger partial charge is 0.270 e. The van der Waals surface area contributed by atoms with Gasteiger partial charge >= 0.3 is 0 Å². The van der Waals surface area contributed by atoms with Crippen LogP contribution in [0.3, 0.4) is 0 Å². The fraction of sp³-hybridized carbons (Fsp3) is 0.263. The molecule has 0 fully saturated rings. The van der Waals surface area contributed by atoms with E-state index in [4.69, 9.17) is 4.52 Å². The van der Waals surface area contributed by atoms with Crippen molar-refractivity contribution < 1.29 is 14.1 Å². The minimum absolute atomic E-state index is 0.0290. The van der Waals surface area contributed by atoms with Crippen molar-refractivity contribution in [2.75, 3.05) is 0 Å². The van der Waals surface area contributed by atoms with Crippen molar-refractivity contribution in [1.29, 1.82) is 0 Å². The molecule has 0 bridgehead atoms. The molecule has 0 aliphatic carbocycles. The Morgan fingerprint density at radius 1 is 1.11 bits per heavy atom. The van der Waals surface area contributed by atoms with Gasteiger partial charge in [-0.1, -0.05) is 17.3 Å². The average Bonchev–Trinajstić information content (AvgIpc) is 3.22. The third kappa shape index (κ3) is 5.01. The first-order valence-electron chi connectivity index (χ1n) is 8.66. The first-order valence-corrected chi connectivity index (χ1v) is 9.65. The fourth-order valence-electron chi connectivity index (χ4n) is 2.62. The van der Waals surface area contributed by atoms with Gasteiger partial charge < -0.3 is 4.52 Å². The first-order chi connectivity index (χ1) is 13.4. The molecule has 2 amide bonds. The van der Waals surface area contributed by atoms with Crippen LogP contribution in [-0.2, 0) is 17.1 Å².